The number of benzene rings is 1. The Kier molecular flexibility index (Phi) is 4.81. The highest BCUT2D eigenvalue weighted by Crippen LogP contribution is 2.34. The molecule has 0 spiro atoms. The number of carbonyl (C=O) groups excluding carboxylic acids is 1. The number of rotatable bonds is 6. The molecule has 1 aromatic carbocycles. The van der Waals surface area contributed by atoms with Crippen LogP contribution in [0.2, 0.25) is 0 Å². The zero-order valence-electron chi connectivity index (χ0n) is 11.3. The molecule has 1 N–H and O–H groups in total. The lowest BCUT2D eigenvalue weighted by Gasteiger charge is -2.18. The average Bonchev–Trinajstić information content (AvgIpc) is 2.71. The number of hydrogen-bond donors (Lipinski definition) is 1. The van der Waals surface area contributed by atoms with Gasteiger partial charge < -0.3 is 9.84 Å². The molecular weight excluding hydrogens is 324 g/mol. The summed E-state index contributed by atoms with van der Waals surface area (Å²) < 4.78 is 5.92. The van der Waals surface area contributed by atoms with Crippen molar-refractivity contribution in [2.75, 3.05) is 0 Å². The van der Waals surface area contributed by atoms with Gasteiger partial charge >= 0.3 is 5.97 Å². The molecule has 0 heterocycles. The first-order valence-electron chi connectivity index (χ1n) is 6.71. The number of carboxylic acids is 1. The second kappa shape index (κ2) is 6.39. The van der Waals surface area contributed by atoms with Crippen LogP contribution < -0.4 is 4.74 Å². The van der Waals surface area contributed by atoms with Gasteiger partial charge in [0, 0.05) is 17.5 Å². The molecule has 1 aromatic rings. The zero-order chi connectivity index (χ0) is 14.7. The quantitative estimate of drug-likeness (QED) is 0.807. The number of Topliss-reactive ketones (excluding diaryl/α,β-unsaturated/α-hetero) is 1. The van der Waals surface area contributed by atoms with Crippen molar-refractivity contribution in [2.45, 2.75) is 43.5 Å². The van der Waals surface area contributed by atoms with E-state index >= 15 is 0 Å². The predicted octanol–water partition coefficient (Wildman–Crippen LogP) is 3.21. The van der Waals surface area contributed by atoms with Crippen molar-refractivity contribution in [2.24, 2.45) is 0 Å². The highest BCUT2D eigenvalue weighted by atomic mass is 79.9. The zero-order valence-corrected chi connectivity index (χ0v) is 12.9. The Labute approximate surface area is 126 Å². The number of carbonyl (C=O) groups is 2. The number of hydrogen-bond acceptors (Lipinski definition) is 3. The summed E-state index contributed by atoms with van der Waals surface area (Å²) in [7, 11) is 0. The van der Waals surface area contributed by atoms with Gasteiger partial charge in [-0.2, -0.15) is 0 Å². The van der Waals surface area contributed by atoms with Crippen molar-refractivity contribution in [3.63, 3.8) is 0 Å². The molecule has 1 aliphatic carbocycles. The van der Waals surface area contributed by atoms with E-state index in [1.165, 1.54) is 0 Å². The monoisotopic (exact) mass is 340 g/mol. The SMILES string of the molecule is CCC(CCC(=O)O)Oc1cccc2c1CC(Br)C2=O. The highest BCUT2D eigenvalue weighted by molar-refractivity contribution is 9.10. The lowest BCUT2D eigenvalue weighted by Crippen LogP contribution is -2.17. The highest BCUT2D eigenvalue weighted by Gasteiger charge is 2.31. The minimum atomic E-state index is -0.818. The first-order valence-corrected chi connectivity index (χ1v) is 7.63. The van der Waals surface area contributed by atoms with Gasteiger partial charge in [0.1, 0.15) is 5.75 Å². The molecule has 0 aromatic heterocycles. The maximum absolute atomic E-state index is 11.9. The number of carboxylic acid groups (broad SMARTS) is 1. The number of halogens is 1. The van der Waals surface area contributed by atoms with Crippen molar-refractivity contribution in [3.8, 4) is 5.75 Å². The van der Waals surface area contributed by atoms with Crippen LogP contribution in [0.25, 0.3) is 0 Å². The van der Waals surface area contributed by atoms with Crippen LogP contribution in [0.15, 0.2) is 18.2 Å². The molecule has 20 heavy (non-hydrogen) atoms. The molecule has 5 heteroatoms. The van der Waals surface area contributed by atoms with Gasteiger partial charge in [0.05, 0.1) is 10.9 Å². The number of alkyl halides is 1. The van der Waals surface area contributed by atoms with E-state index in [1.54, 1.807) is 6.07 Å². The van der Waals surface area contributed by atoms with Gasteiger partial charge in [-0.15, -0.1) is 0 Å². The maximum Gasteiger partial charge on any atom is 0.303 e. The largest absolute Gasteiger partial charge is 0.490 e. The molecule has 0 aliphatic heterocycles. The van der Waals surface area contributed by atoms with Gasteiger partial charge in [-0.25, -0.2) is 0 Å². The van der Waals surface area contributed by atoms with Crippen molar-refractivity contribution >= 4 is 27.7 Å². The van der Waals surface area contributed by atoms with E-state index in [9.17, 15) is 9.59 Å². The van der Waals surface area contributed by atoms with E-state index in [0.717, 1.165) is 12.0 Å². The van der Waals surface area contributed by atoms with E-state index in [-0.39, 0.29) is 23.1 Å². The first kappa shape index (κ1) is 15.0. The van der Waals surface area contributed by atoms with Crippen LogP contribution in [0.3, 0.4) is 0 Å². The minimum absolute atomic E-state index is 0.0871. The summed E-state index contributed by atoms with van der Waals surface area (Å²) in [5, 5.41) is 8.74. The van der Waals surface area contributed by atoms with E-state index in [2.05, 4.69) is 15.9 Å². The van der Waals surface area contributed by atoms with E-state index in [0.29, 0.717) is 24.2 Å². The Morgan fingerprint density at radius 3 is 2.95 bits per heavy atom. The first-order chi connectivity index (χ1) is 9.52. The number of ether oxygens (including phenoxy) is 1. The summed E-state index contributed by atoms with van der Waals surface area (Å²) in [6.45, 7) is 1.97. The summed E-state index contributed by atoms with van der Waals surface area (Å²) in [6, 6.07) is 5.46. The van der Waals surface area contributed by atoms with E-state index in [1.807, 2.05) is 19.1 Å². The Morgan fingerprint density at radius 1 is 1.55 bits per heavy atom. The maximum atomic E-state index is 11.9. The molecule has 0 saturated heterocycles. The molecule has 2 unspecified atom stereocenters. The van der Waals surface area contributed by atoms with Crippen molar-refractivity contribution < 1.29 is 19.4 Å². The summed E-state index contributed by atoms with van der Waals surface area (Å²) >= 11 is 3.37. The van der Waals surface area contributed by atoms with Gasteiger partial charge in [0.15, 0.2) is 5.78 Å². The molecule has 0 radical (unpaired) electrons. The standard InChI is InChI=1S/C15H17BrO4/c1-2-9(6-7-14(17)18)20-13-5-3-4-10-11(13)8-12(16)15(10)19/h3-5,9,12H,2,6-8H2,1H3,(H,17,18). The molecule has 0 amide bonds. The molecular formula is C15H17BrO4. The minimum Gasteiger partial charge on any atom is -0.490 e. The van der Waals surface area contributed by atoms with E-state index < -0.39 is 5.97 Å². The fourth-order valence-corrected chi connectivity index (χ4v) is 2.94. The fourth-order valence-electron chi connectivity index (χ4n) is 2.37. The molecule has 4 nitrogen and oxygen atoms in total. The Morgan fingerprint density at radius 2 is 2.30 bits per heavy atom. The topological polar surface area (TPSA) is 63.6 Å². The van der Waals surface area contributed by atoms with Crippen LogP contribution in [0.5, 0.6) is 5.75 Å². The summed E-state index contributed by atoms with van der Waals surface area (Å²) in [6.07, 6.45) is 1.79. The van der Waals surface area contributed by atoms with E-state index in [4.69, 9.17) is 9.84 Å². The van der Waals surface area contributed by atoms with Gasteiger partial charge in [0.2, 0.25) is 0 Å². The van der Waals surface area contributed by atoms with Crippen LogP contribution in [0.4, 0.5) is 0 Å². The fraction of sp³-hybridized carbons (Fsp3) is 0.467. The lowest BCUT2D eigenvalue weighted by molar-refractivity contribution is -0.137. The van der Waals surface area contributed by atoms with Gasteiger partial charge in [-0.3, -0.25) is 9.59 Å². The third kappa shape index (κ3) is 3.20. The van der Waals surface area contributed by atoms with Gasteiger partial charge in [-0.05, 0) is 25.3 Å². The Balaban J connectivity index is 2.14. The van der Waals surface area contributed by atoms with Crippen molar-refractivity contribution in [3.05, 3.63) is 29.3 Å². The second-order valence-corrected chi connectivity index (χ2v) is 6.00. The van der Waals surface area contributed by atoms with Crippen LogP contribution in [0, 0.1) is 0 Å². The Bertz CT molecular complexity index is 527. The summed E-state index contributed by atoms with van der Waals surface area (Å²) in [4.78, 5) is 22.4. The second-order valence-electron chi connectivity index (χ2n) is 4.90. The molecule has 108 valence electrons. The van der Waals surface area contributed by atoms with Gasteiger partial charge in [-0.1, -0.05) is 35.0 Å². The van der Waals surface area contributed by atoms with Crippen molar-refractivity contribution in [1.82, 2.24) is 0 Å². The van der Waals surface area contributed by atoms with Gasteiger partial charge in [0.25, 0.3) is 0 Å². The van der Waals surface area contributed by atoms with Crippen LogP contribution in [-0.4, -0.2) is 27.8 Å². The molecule has 2 rings (SSSR count). The molecule has 0 saturated carbocycles. The molecule has 0 fully saturated rings. The molecule has 1 aliphatic rings. The lowest BCUT2D eigenvalue weighted by atomic mass is 10.1. The average molecular weight is 341 g/mol. The van der Waals surface area contributed by atoms with Crippen LogP contribution in [0.1, 0.15) is 42.1 Å². The molecule has 0 bridgehead atoms. The number of ketones is 1. The van der Waals surface area contributed by atoms with Crippen LogP contribution in [-0.2, 0) is 11.2 Å². The summed E-state index contributed by atoms with van der Waals surface area (Å²) in [5.74, 6) is -0.0277. The van der Waals surface area contributed by atoms with Crippen LogP contribution >= 0.6 is 15.9 Å². The van der Waals surface area contributed by atoms with Crippen molar-refractivity contribution in [1.29, 1.82) is 0 Å². The summed E-state index contributed by atoms with van der Waals surface area (Å²) in [5.41, 5.74) is 1.63. The Hall–Kier alpha value is -1.36. The normalized spacial score (nSPS) is 18.7. The number of fused-ring (bicyclic) bond motifs is 1. The third-order valence-electron chi connectivity index (χ3n) is 3.50. The smallest absolute Gasteiger partial charge is 0.303 e. The predicted molar refractivity (Wildman–Crippen MR) is 78.8 cm³/mol. The number of aliphatic carboxylic acids is 1. The molecule has 2 atom stereocenters. The third-order valence-corrected chi connectivity index (χ3v) is 4.24.